The Balaban J connectivity index is 2.20. The number of hydrogen-bond acceptors (Lipinski definition) is 2. The summed E-state index contributed by atoms with van der Waals surface area (Å²) in [5.74, 6) is -0.202. The molecule has 0 bridgehead atoms. The van der Waals surface area contributed by atoms with Crippen molar-refractivity contribution in [1.29, 1.82) is 0 Å². The van der Waals surface area contributed by atoms with Crippen LogP contribution in [0.1, 0.15) is 24.1 Å². The minimum atomic E-state index is -0.202. The van der Waals surface area contributed by atoms with Crippen LogP contribution in [-0.4, -0.2) is 31.6 Å². The Hall–Kier alpha value is -1.71. The monoisotopic (exact) mass is 286 g/mol. The number of rotatable bonds is 6. The van der Waals surface area contributed by atoms with Gasteiger partial charge in [-0.1, -0.05) is 42.5 Å². The molecule has 2 aromatic carbocycles. The van der Waals surface area contributed by atoms with Crippen LogP contribution >= 0.6 is 0 Å². The Bertz CT molecular complexity index is 537. The van der Waals surface area contributed by atoms with E-state index < -0.39 is 0 Å². The van der Waals surface area contributed by atoms with Gasteiger partial charge in [-0.05, 0) is 44.3 Å². The molecular weight excluding hydrogens is 263 g/mol. The summed E-state index contributed by atoms with van der Waals surface area (Å²) in [4.78, 5) is 2.18. The van der Waals surface area contributed by atoms with Gasteiger partial charge in [-0.3, -0.25) is 0 Å². The van der Waals surface area contributed by atoms with Gasteiger partial charge in [0.1, 0.15) is 5.82 Å². The van der Waals surface area contributed by atoms with E-state index in [4.69, 9.17) is 0 Å². The lowest BCUT2D eigenvalue weighted by atomic mass is 9.98. The van der Waals surface area contributed by atoms with Crippen LogP contribution in [0.5, 0.6) is 0 Å². The molecule has 0 saturated heterocycles. The van der Waals surface area contributed by atoms with Gasteiger partial charge in [-0.25, -0.2) is 4.39 Å². The second kappa shape index (κ2) is 7.34. The van der Waals surface area contributed by atoms with Crippen LogP contribution in [-0.2, 0) is 0 Å². The largest absolute Gasteiger partial charge is 0.305 e. The molecule has 2 rings (SSSR count). The average Bonchev–Trinajstić information content (AvgIpc) is 2.50. The first-order valence-corrected chi connectivity index (χ1v) is 7.28. The van der Waals surface area contributed by atoms with Gasteiger partial charge in [0.2, 0.25) is 0 Å². The Kier molecular flexibility index (Phi) is 5.48. The first-order valence-electron chi connectivity index (χ1n) is 7.28. The molecule has 0 aliphatic rings. The second-order valence-electron chi connectivity index (χ2n) is 5.62. The van der Waals surface area contributed by atoms with E-state index in [1.165, 1.54) is 17.7 Å². The fraction of sp³-hybridized carbons (Fsp3) is 0.333. The highest BCUT2D eigenvalue weighted by molar-refractivity contribution is 5.31. The van der Waals surface area contributed by atoms with Crippen LogP contribution in [0.25, 0.3) is 0 Å². The molecule has 0 fully saturated rings. The van der Waals surface area contributed by atoms with E-state index in [9.17, 15) is 4.39 Å². The van der Waals surface area contributed by atoms with Crippen molar-refractivity contribution in [2.24, 2.45) is 0 Å². The van der Waals surface area contributed by atoms with E-state index in [1.54, 1.807) is 0 Å². The minimum absolute atomic E-state index is 0.0780. The Morgan fingerprint density at radius 1 is 0.952 bits per heavy atom. The summed E-state index contributed by atoms with van der Waals surface area (Å²) in [5, 5.41) is 3.59. The summed E-state index contributed by atoms with van der Waals surface area (Å²) in [7, 11) is 4.14. The molecule has 2 nitrogen and oxygen atoms in total. The topological polar surface area (TPSA) is 15.3 Å². The van der Waals surface area contributed by atoms with Crippen molar-refractivity contribution in [1.82, 2.24) is 10.2 Å². The number of hydrogen-bond donors (Lipinski definition) is 1. The van der Waals surface area contributed by atoms with Gasteiger partial charge in [0, 0.05) is 12.6 Å². The predicted molar refractivity (Wildman–Crippen MR) is 85.8 cm³/mol. The maximum Gasteiger partial charge on any atom is 0.123 e. The quantitative estimate of drug-likeness (QED) is 0.875. The standard InChI is InChI=1S/C18H23FN2/c1-14(21(2)3)13-20-18(15-7-5-4-6-8-15)16-9-11-17(19)12-10-16/h4-12,14,18,20H,13H2,1-3H3. The molecule has 0 radical (unpaired) electrons. The third kappa shape index (κ3) is 4.38. The molecule has 0 saturated carbocycles. The van der Waals surface area contributed by atoms with Gasteiger partial charge in [-0.2, -0.15) is 0 Å². The third-order valence-corrected chi connectivity index (χ3v) is 3.84. The lowest BCUT2D eigenvalue weighted by Gasteiger charge is -2.25. The Morgan fingerprint density at radius 2 is 1.52 bits per heavy atom. The van der Waals surface area contributed by atoms with Crippen molar-refractivity contribution in [2.75, 3.05) is 20.6 Å². The first kappa shape index (κ1) is 15.7. The molecule has 21 heavy (non-hydrogen) atoms. The van der Waals surface area contributed by atoms with Crippen molar-refractivity contribution < 1.29 is 4.39 Å². The molecule has 1 N–H and O–H groups in total. The second-order valence-corrected chi connectivity index (χ2v) is 5.62. The van der Waals surface area contributed by atoms with Gasteiger partial charge in [0.25, 0.3) is 0 Å². The van der Waals surface area contributed by atoms with Crippen LogP contribution in [0.3, 0.4) is 0 Å². The highest BCUT2D eigenvalue weighted by Crippen LogP contribution is 2.22. The fourth-order valence-electron chi connectivity index (χ4n) is 2.20. The van der Waals surface area contributed by atoms with Gasteiger partial charge in [-0.15, -0.1) is 0 Å². The molecule has 112 valence electrons. The number of likely N-dealkylation sites (N-methyl/N-ethyl adjacent to an activating group) is 1. The summed E-state index contributed by atoms with van der Waals surface area (Å²) < 4.78 is 13.1. The molecule has 0 aliphatic heterocycles. The predicted octanol–water partition coefficient (Wildman–Crippen LogP) is 3.45. The molecule has 0 amide bonds. The lowest BCUT2D eigenvalue weighted by Crippen LogP contribution is -2.37. The molecule has 2 aromatic rings. The summed E-state index contributed by atoms with van der Waals surface area (Å²) in [6.07, 6.45) is 0. The van der Waals surface area contributed by atoms with E-state index in [0.29, 0.717) is 6.04 Å². The maximum atomic E-state index is 13.1. The van der Waals surface area contributed by atoms with Gasteiger partial charge in [0.05, 0.1) is 6.04 Å². The number of nitrogens with one attached hydrogen (secondary N) is 1. The molecular formula is C18H23FN2. The Morgan fingerprint density at radius 3 is 2.10 bits per heavy atom. The maximum absolute atomic E-state index is 13.1. The van der Waals surface area contributed by atoms with E-state index in [1.807, 2.05) is 30.3 Å². The van der Waals surface area contributed by atoms with Crippen LogP contribution in [0.4, 0.5) is 4.39 Å². The third-order valence-electron chi connectivity index (χ3n) is 3.84. The summed E-state index contributed by atoms with van der Waals surface area (Å²) in [6.45, 7) is 3.05. The van der Waals surface area contributed by atoms with Gasteiger partial charge < -0.3 is 10.2 Å². The fourth-order valence-corrected chi connectivity index (χ4v) is 2.20. The zero-order chi connectivity index (χ0) is 15.2. The smallest absolute Gasteiger partial charge is 0.123 e. The van der Waals surface area contributed by atoms with Crippen molar-refractivity contribution in [3.05, 3.63) is 71.5 Å². The number of nitrogens with zero attached hydrogens (tertiary/aromatic N) is 1. The molecule has 3 heteroatoms. The SMILES string of the molecule is CC(CNC(c1ccccc1)c1ccc(F)cc1)N(C)C. The lowest BCUT2D eigenvalue weighted by molar-refractivity contribution is 0.298. The molecule has 2 unspecified atom stereocenters. The average molecular weight is 286 g/mol. The van der Waals surface area contributed by atoms with Crippen LogP contribution < -0.4 is 5.32 Å². The minimum Gasteiger partial charge on any atom is -0.305 e. The highest BCUT2D eigenvalue weighted by Gasteiger charge is 2.15. The zero-order valence-corrected chi connectivity index (χ0v) is 12.9. The number of benzene rings is 2. The van der Waals surface area contributed by atoms with Crippen LogP contribution in [0.2, 0.25) is 0 Å². The first-order chi connectivity index (χ1) is 10.1. The van der Waals surface area contributed by atoms with Gasteiger partial charge in [0.15, 0.2) is 0 Å². The summed E-state index contributed by atoms with van der Waals surface area (Å²) in [5.41, 5.74) is 2.27. The zero-order valence-electron chi connectivity index (χ0n) is 12.9. The molecule has 0 spiro atoms. The molecule has 2 atom stereocenters. The van der Waals surface area contributed by atoms with E-state index >= 15 is 0 Å². The van der Waals surface area contributed by atoms with Gasteiger partial charge >= 0.3 is 0 Å². The van der Waals surface area contributed by atoms with Crippen LogP contribution in [0.15, 0.2) is 54.6 Å². The summed E-state index contributed by atoms with van der Waals surface area (Å²) >= 11 is 0. The van der Waals surface area contributed by atoms with Crippen molar-refractivity contribution in [3.63, 3.8) is 0 Å². The highest BCUT2D eigenvalue weighted by atomic mass is 19.1. The van der Waals surface area contributed by atoms with Crippen molar-refractivity contribution >= 4 is 0 Å². The summed E-state index contributed by atoms with van der Waals surface area (Å²) in [6, 6.07) is 17.5. The number of halogens is 1. The van der Waals surface area contributed by atoms with E-state index in [0.717, 1.165) is 12.1 Å². The van der Waals surface area contributed by atoms with E-state index in [2.05, 4.69) is 43.4 Å². The molecule has 0 aliphatic carbocycles. The normalized spacial score (nSPS) is 14.1. The van der Waals surface area contributed by atoms with E-state index in [-0.39, 0.29) is 11.9 Å². The van der Waals surface area contributed by atoms with Crippen LogP contribution in [0, 0.1) is 5.82 Å². The molecule has 0 aromatic heterocycles. The Labute approximate surface area is 126 Å². The van der Waals surface area contributed by atoms with Crippen molar-refractivity contribution in [2.45, 2.75) is 19.0 Å². The molecule has 0 heterocycles. The van der Waals surface area contributed by atoms with Crippen molar-refractivity contribution in [3.8, 4) is 0 Å².